The third kappa shape index (κ3) is 4.37. The van der Waals surface area contributed by atoms with E-state index in [1.807, 2.05) is 31.2 Å². The number of benzene rings is 1. The van der Waals surface area contributed by atoms with Crippen molar-refractivity contribution >= 4 is 27.2 Å². The van der Waals surface area contributed by atoms with E-state index in [2.05, 4.69) is 25.2 Å². The summed E-state index contributed by atoms with van der Waals surface area (Å²) in [5, 5.41) is 9.79. The number of aromatic amines is 1. The van der Waals surface area contributed by atoms with Crippen LogP contribution in [0.5, 0.6) is 5.75 Å². The molecule has 0 aliphatic rings. The fraction of sp³-hybridized carbons (Fsp3) is 0.222. The first-order chi connectivity index (χ1) is 12.9. The van der Waals surface area contributed by atoms with Gasteiger partial charge in [0, 0.05) is 5.69 Å². The molecule has 1 aromatic carbocycles. The van der Waals surface area contributed by atoms with Gasteiger partial charge in [0.05, 0.1) is 29.9 Å². The second-order valence-corrected chi connectivity index (χ2v) is 7.50. The van der Waals surface area contributed by atoms with E-state index in [9.17, 15) is 8.42 Å². The first-order valence-electron chi connectivity index (χ1n) is 8.39. The van der Waals surface area contributed by atoms with Crippen molar-refractivity contribution in [1.29, 1.82) is 0 Å². The SMILES string of the molecule is CCOc1ccc(Nc2ccc(NS(=O)(=O)c3c(C)n[nH]c3C)nc2)cc1. The van der Waals surface area contributed by atoms with Gasteiger partial charge in [-0.3, -0.25) is 9.82 Å². The smallest absolute Gasteiger partial charge is 0.266 e. The van der Waals surface area contributed by atoms with Crippen molar-refractivity contribution in [3.63, 3.8) is 0 Å². The zero-order chi connectivity index (χ0) is 19.4. The number of nitrogens with zero attached hydrogens (tertiary/aromatic N) is 2. The Kier molecular flexibility index (Phi) is 5.31. The van der Waals surface area contributed by atoms with Gasteiger partial charge in [-0.15, -0.1) is 0 Å². The van der Waals surface area contributed by atoms with Crippen molar-refractivity contribution in [2.75, 3.05) is 16.6 Å². The number of anilines is 3. The number of hydrogen-bond acceptors (Lipinski definition) is 6. The fourth-order valence-corrected chi connectivity index (χ4v) is 4.00. The maximum Gasteiger partial charge on any atom is 0.266 e. The molecule has 3 aromatic rings. The molecule has 9 heteroatoms. The number of sulfonamides is 1. The van der Waals surface area contributed by atoms with Crippen LogP contribution in [0, 0.1) is 13.8 Å². The summed E-state index contributed by atoms with van der Waals surface area (Å²) in [5.41, 5.74) is 2.50. The molecule has 0 fully saturated rings. The molecule has 0 aliphatic carbocycles. The molecule has 0 saturated carbocycles. The monoisotopic (exact) mass is 387 g/mol. The van der Waals surface area contributed by atoms with E-state index in [4.69, 9.17) is 4.74 Å². The fourth-order valence-electron chi connectivity index (χ4n) is 2.62. The van der Waals surface area contributed by atoms with Crippen LogP contribution < -0.4 is 14.8 Å². The van der Waals surface area contributed by atoms with Gasteiger partial charge in [0.25, 0.3) is 10.0 Å². The van der Waals surface area contributed by atoms with Gasteiger partial charge in [-0.2, -0.15) is 5.10 Å². The number of aromatic nitrogens is 3. The first kappa shape index (κ1) is 18.7. The second kappa shape index (κ2) is 7.67. The minimum atomic E-state index is -3.75. The van der Waals surface area contributed by atoms with E-state index in [1.54, 1.807) is 32.2 Å². The lowest BCUT2D eigenvalue weighted by Crippen LogP contribution is -2.15. The van der Waals surface area contributed by atoms with Crippen molar-refractivity contribution in [3.8, 4) is 5.75 Å². The van der Waals surface area contributed by atoms with Crippen LogP contribution in [0.25, 0.3) is 0 Å². The summed E-state index contributed by atoms with van der Waals surface area (Å²) in [6.45, 7) is 5.84. The van der Waals surface area contributed by atoms with Gasteiger partial charge < -0.3 is 10.1 Å². The number of H-pyrrole nitrogens is 1. The summed E-state index contributed by atoms with van der Waals surface area (Å²) in [6, 6.07) is 10.9. The van der Waals surface area contributed by atoms with E-state index in [1.165, 1.54) is 0 Å². The predicted octanol–water partition coefficient (Wildman–Crippen LogP) is 3.36. The van der Waals surface area contributed by atoms with Gasteiger partial charge in [0.15, 0.2) is 0 Å². The van der Waals surface area contributed by atoms with E-state index in [-0.39, 0.29) is 10.7 Å². The van der Waals surface area contributed by atoms with Crippen LogP contribution in [0.1, 0.15) is 18.3 Å². The van der Waals surface area contributed by atoms with Crippen LogP contribution in [0.4, 0.5) is 17.2 Å². The Balaban J connectivity index is 1.70. The minimum absolute atomic E-state index is 0.140. The van der Waals surface area contributed by atoms with Gasteiger partial charge in [0.1, 0.15) is 16.5 Å². The summed E-state index contributed by atoms with van der Waals surface area (Å²) >= 11 is 0. The van der Waals surface area contributed by atoms with Gasteiger partial charge in [-0.1, -0.05) is 0 Å². The maximum atomic E-state index is 12.5. The minimum Gasteiger partial charge on any atom is -0.494 e. The van der Waals surface area contributed by atoms with Gasteiger partial charge in [-0.25, -0.2) is 13.4 Å². The quantitative estimate of drug-likeness (QED) is 0.573. The molecule has 0 atom stereocenters. The number of hydrogen-bond donors (Lipinski definition) is 3. The van der Waals surface area contributed by atoms with Gasteiger partial charge in [0.2, 0.25) is 0 Å². The topological polar surface area (TPSA) is 109 Å². The number of ether oxygens (including phenoxy) is 1. The lowest BCUT2D eigenvalue weighted by molar-refractivity contribution is 0.340. The van der Waals surface area contributed by atoms with Crippen molar-refractivity contribution in [2.24, 2.45) is 0 Å². The molecule has 27 heavy (non-hydrogen) atoms. The highest BCUT2D eigenvalue weighted by Gasteiger charge is 2.22. The van der Waals surface area contributed by atoms with Crippen LogP contribution >= 0.6 is 0 Å². The second-order valence-electron chi connectivity index (χ2n) is 5.88. The Morgan fingerprint density at radius 3 is 2.33 bits per heavy atom. The van der Waals surface area contributed by atoms with E-state index in [0.717, 1.165) is 17.1 Å². The lowest BCUT2D eigenvalue weighted by atomic mass is 10.3. The van der Waals surface area contributed by atoms with E-state index in [0.29, 0.717) is 18.0 Å². The Hall–Kier alpha value is -3.07. The number of rotatable bonds is 7. The van der Waals surface area contributed by atoms with Crippen LogP contribution in [0.3, 0.4) is 0 Å². The average Bonchev–Trinajstić information content (AvgIpc) is 2.98. The van der Waals surface area contributed by atoms with Crippen molar-refractivity contribution in [3.05, 3.63) is 54.0 Å². The molecule has 3 rings (SSSR count). The molecule has 0 bridgehead atoms. The molecule has 0 radical (unpaired) electrons. The number of aryl methyl sites for hydroxylation is 2. The highest BCUT2D eigenvalue weighted by atomic mass is 32.2. The molecule has 2 heterocycles. The normalized spacial score (nSPS) is 11.2. The largest absolute Gasteiger partial charge is 0.494 e. The Morgan fingerprint density at radius 2 is 1.78 bits per heavy atom. The predicted molar refractivity (Wildman–Crippen MR) is 104 cm³/mol. The maximum absolute atomic E-state index is 12.5. The van der Waals surface area contributed by atoms with E-state index >= 15 is 0 Å². The summed E-state index contributed by atoms with van der Waals surface area (Å²) in [4.78, 5) is 4.31. The summed E-state index contributed by atoms with van der Waals surface area (Å²) < 4.78 is 32.9. The molecule has 0 unspecified atom stereocenters. The van der Waals surface area contributed by atoms with Crippen LogP contribution in [0.15, 0.2) is 47.5 Å². The third-order valence-corrected chi connectivity index (χ3v) is 5.40. The molecule has 0 saturated heterocycles. The lowest BCUT2D eigenvalue weighted by Gasteiger charge is -2.10. The highest BCUT2D eigenvalue weighted by Crippen LogP contribution is 2.22. The third-order valence-electron chi connectivity index (χ3n) is 3.79. The number of pyridine rings is 1. The molecule has 0 amide bonds. The molecule has 8 nitrogen and oxygen atoms in total. The Labute approximate surface area is 158 Å². The molecule has 2 aromatic heterocycles. The van der Waals surface area contributed by atoms with Crippen molar-refractivity contribution < 1.29 is 13.2 Å². The number of nitrogens with one attached hydrogen (secondary N) is 3. The standard InChI is InChI=1S/C18H21N5O3S/c1-4-26-16-8-5-14(6-9-16)20-15-7-10-17(19-11-15)23-27(24,25)18-12(2)21-22-13(18)3/h5-11,20H,4H2,1-3H3,(H,19,23)(H,21,22). The van der Waals surface area contributed by atoms with Crippen LogP contribution in [-0.4, -0.2) is 30.2 Å². The Morgan fingerprint density at radius 1 is 1.07 bits per heavy atom. The first-order valence-corrected chi connectivity index (χ1v) is 9.87. The Bertz CT molecular complexity index is 993. The van der Waals surface area contributed by atoms with E-state index < -0.39 is 10.0 Å². The molecule has 0 spiro atoms. The zero-order valence-corrected chi connectivity index (χ0v) is 16.1. The zero-order valence-electron chi connectivity index (χ0n) is 15.3. The van der Waals surface area contributed by atoms with Crippen LogP contribution in [-0.2, 0) is 10.0 Å². The molecule has 0 aliphatic heterocycles. The van der Waals surface area contributed by atoms with Crippen molar-refractivity contribution in [1.82, 2.24) is 15.2 Å². The summed E-state index contributed by atoms with van der Waals surface area (Å²) in [6.07, 6.45) is 1.56. The molecular weight excluding hydrogens is 366 g/mol. The average molecular weight is 387 g/mol. The summed E-state index contributed by atoms with van der Waals surface area (Å²) in [5.74, 6) is 1.03. The summed E-state index contributed by atoms with van der Waals surface area (Å²) in [7, 11) is -3.75. The van der Waals surface area contributed by atoms with Crippen LogP contribution in [0.2, 0.25) is 0 Å². The molecule has 142 valence electrons. The highest BCUT2D eigenvalue weighted by molar-refractivity contribution is 7.92. The molecular formula is C18H21N5O3S. The van der Waals surface area contributed by atoms with Gasteiger partial charge >= 0.3 is 0 Å². The molecule has 3 N–H and O–H groups in total. The van der Waals surface area contributed by atoms with Crippen molar-refractivity contribution in [2.45, 2.75) is 25.7 Å². The van der Waals surface area contributed by atoms with Gasteiger partial charge in [-0.05, 0) is 57.2 Å².